The molecule has 142 valence electrons. The summed E-state index contributed by atoms with van der Waals surface area (Å²) in [6.07, 6.45) is 0.585. The lowest BCUT2D eigenvalue weighted by molar-refractivity contribution is 0.0952. The standard InChI is InChI=1S/C21H19N3O3S/c22-19(25)16-4-1-3-14(13-16)10-11-23-20(26)15-6-8-17(9-7-15)24-21(27)18-5-2-12-28-18/h1-9,12-13H,10-11H2,(H2,22,25)(H,23,26)(H,24,27). The van der Waals surface area contributed by atoms with Gasteiger partial charge in [0.2, 0.25) is 5.91 Å². The second-order valence-corrected chi connectivity index (χ2v) is 7.03. The number of amides is 3. The van der Waals surface area contributed by atoms with Gasteiger partial charge in [-0.3, -0.25) is 14.4 Å². The van der Waals surface area contributed by atoms with E-state index in [1.54, 1.807) is 48.5 Å². The van der Waals surface area contributed by atoms with E-state index in [1.165, 1.54) is 11.3 Å². The molecule has 0 bridgehead atoms. The molecule has 3 aromatic rings. The zero-order valence-corrected chi connectivity index (χ0v) is 15.8. The van der Waals surface area contributed by atoms with Gasteiger partial charge in [0.05, 0.1) is 4.88 Å². The van der Waals surface area contributed by atoms with E-state index >= 15 is 0 Å². The van der Waals surface area contributed by atoms with E-state index in [0.717, 1.165) is 5.56 Å². The number of hydrogen-bond donors (Lipinski definition) is 3. The molecular weight excluding hydrogens is 374 g/mol. The molecule has 4 N–H and O–H groups in total. The van der Waals surface area contributed by atoms with Gasteiger partial charge in [0.15, 0.2) is 0 Å². The number of hydrogen-bond acceptors (Lipinski definition) is 4. The van der Waals surface area contributed by atoms with Crippen LogP contribution in [0.5, 0.6) is 0 Å². The molecule has 3 rings (SSSR count). The number of rotatable bonds is 7. The summed E-state index contributed by atoms with van der Waals surface area (Å²) in [6, 6.07) is 17.3. The summed E-state index contributed by atoms with van der Waals surface area (Å²) >= 11 is 1.37. The lowest BCUT2D eigenvalue weighted by Gasteiger charge is -2.08. The van der Waals surface area contributed by atoms with Crippen LogP contribution in [0.3, 0.4) is 0 Å². The van der Waals surface area contributed by atoms with E-state index < -0.39 is 5.91 Å². The zero-order valence-electron chi connectivity index (χ0n) is 15.0. The van der Waals surface area contributed by atoms with Crippen LogP contribution in [0.4, 0.5) is 5.69 Å². The molecule has 0 unspecified atom stereocenters. The Bertz CT molecular complexity index is 982. The summed E-state index contributed by atoms with van der Waals surface area (Å²) in [6.45, 7) is 0.428. The first-order valence-corrected chi connectivity index (χ1v) is 9.53. The van der Waals surface area contributed by atoms with Crippen molar-refractivity contribution in [3.8, 4) is 0 Å². The Labute approximate surface area is 166 Å². The van der Waals surface area contributed by atoms with Gasteiger partial charge in [-0.2, -0.15) is 0 Å². The maximum absolute atomic E-state index is 12.3. The van der Waals surface area contributed by atoms with Gasteiger partial charge < -0.3 is 16.4 Å². The second kappa shape index (κ2) is 8.96. The first-order valence-electron chi connectivity index (χ1n) is 8.65. The van der Waals surface area contributed by atoms with E-state index in [9.17, 15) is 14.4 Å². The quantitative estimate of drug-likeness (QED) is 0.575. The number of benzene rings is 2. The molecule has 0 aliphatic rings. The Balaban J connectivity index is 1.51. The van der Waals surface area contributed by atoms with Crippen molar-refractivity contribution in [1.29, 1.82) is 0 Å². The van der Waals surface area contributed by atoms with Crippen LogP contribution in [0.25, 0.3) is 0 Å². The predicted molar refractivity (Wildman–Crippen MR) is 110 cm³/mol. The molecule has 0 atom stereocenters. The summed E-state index contributed by atoms with van der Waals surface area (Å²) in [5, 5.41) is 7.47. The van der Waals surface area contributed by atoms with E-state index in [2.05, 4.69) is 10.6 Å². The molecule has 6 nitrogen and oxygen atoms in total. The van der Waals surface area contributed by atoms with Crippen LogP contribution in [-0.2, 0) is 6.42 Å². The fraction of sp³-hybridized carbons (Fsp3) is 0.0952. The second-order valence-electron chi connectivity index (χ2n) is 6.08. The predicted octanol–water partition coefficient (Wildman–Crippen LogP) is 3.07. The van der Waals surface area contributed by atoms with Gasteiger partial charge in [0.1, 0.15) is 0 Å². The Kier molecular flexibility index (Phi) is 6.18. The number of primary amides is 1. The van der Waals surface area contributed by atoms with E-state index in [-0.39, 0.29) is 11.8 Å². The van der Waals surface area contributed by atoms with Crippen LogP contribution in [0.1, 0.15) is 36.0 Å². The Morgan fingerprint density at radius 1 is 0.893 bits per heavy atom. The van der Waals surface area contributed by atoms with Crippen LogP contribution < -0.4 is 16.4 Å². The first kappa shape index (κ1) is 19.3. The van der Waals surface area contributed by atoms with E-state index in [4.69, 9.17) is 5.73 Å². The molecule has 0 spiro atoms. The van der Waals surface area contributed by atoms with Crippen LogP contribution in [0.2, 0.25) is 0 Å². The lowest BCUT2D eigenvalue weighted by Crippen LogP contribution is -2.25. The van der Waals surface area contributed by atoms with E-state index in [0.29, 0.717) is 34.7 Å². The highest BCUT2D eigenvalue weighted by Gasteiger charge is 2.09. The van der Waals surface area contributed by atoms with Crippen molar-refractivity contribution >= 4 is 34.7 Å². The van der Waals surface area contributed by atoms with Crippen LogP contribution in [-0.4, -0.2) is 24.3 Å². The average Bonchev–Trinajstić information content (AvgIpc) is 3.24. The zero-order chi connectivity index (χ0) is 19.9. The van der Waals surface area contributed by atoms with E-state index in [1.807, 2.05) is 17.5 Å². The molecule has 0 saturated heterocycles. The topological polar surface area (TPSA) is 101 Å². The summed E-state index contributed by atoms with van der Waals surface area (Å²) < 4.78 is 0. The van der Waals surface area contributed by atoms with Gasteiger partial charge in [0.25, 0.3) is 11.8 Å². The van der Waals surface area contributed by atoms with Crippen LogP contribution >= 0.6 is 11.3 Å². The fourth-order valence-electron chi connectivity index (χ4n) is 2.61. The smallest absolute Gasteiger partial charge is 0.265 e. The van der Waals surface area contributed by atoms with Gasteiger partial charge in [-0.05, 0) is 59.8 Å². The maximum atomic E-state index is 12.3. The molecular formula is C21H19N3O3S. The molecule has 3 amide bonds. The molecule has 2 aromatic carbocycles. The molecule has 0 aliphatic carbocycles. The molecule has 0 radical (unpaired) electrons. The minimum atomic E-state index is -0.475. The number of nitrogens with one attached hydrogen (secondary N) is 2. The summed E-state index contributed by atoms with van der Waals surface area (Å²) in [7, 11) is 0. The summed E-state index contributed by atoms with van der Waals surface area (Å²) in [5.41, 5.74) is 7.76. The third-order valence-electron chi connectivity index (χ3n) is 4.06. The molecule has 0 fully saturated rings. The van der Waals surface area contributed by atoms with Gasteiger partial charge in [-0.1, -0.05) is 18.2 Å². The molecule has 28 heavy (non-hydrogen) atoms. The van der Waals surface area contributed by atoms with Crippen LogP contribution in [0, 0.1) is 0 Å². The largest absolute Gasteiger partial charge is 0.366 e. The van der Waals surface area contributed by atoms with Crippen LogP contribution in [0.15, 0.2) is 66.0 Å². The molecule has 0 aliphatic heterocycles. The highest BCUT2D eigenvalue weighted by atomic mass is 32.1. The van der Waals surface area contributed by atoms with Crippen molar-refractivity contribution in [3.63, 3.8) is 0 Å². The van der Waals surface area contributed by atoms with Crippen molar-refractivity contribution < 1.29 is 14.4 Å². The number of anilines is 1. The Morgan fingerprint density at radius 2 is 1.68 bits per heavy atom. The lowest BCUT2D eigenvalue weighted by atomic mass is 10.1. The monoisotopic (exact) mass is 393 g/mol. The summed E-state index contributed by atoms with van der Waals surface area (Å²) in [4.78, 5) is 36.1. The number of carbonyl (C=O) groups is 3. The van der Waals surface area contributed by atoms with Crippen molar-refractivity contribution in [2.24, 2.45) is 5.73 Å². The molecule has 1 heterocycles. The fourth-order valence-corrected chi connectivity index (χ4v) is 3.23. The Hall–Kier alpha value is -3.45. The minimum absolute atomic E-state index is 0.176. The molecule has 0 saturated carbocycles. The highest BCUT2D eigenvalue weighted by Crippen LogP contribution is 2.14. The highest BCUT2D eigenvalue weighted by molar-refractivity contribution is 7.12. The van der Waals surface area contributed by atoms with Crippen molar-refractivity contribution in [3.05, 3.63) is 87.6 Å². The van der Waals surface area contributed by atoms with Gasteiger partial charge in [-0.25, -0.2) is 0 Å². The Morgan fingerprint density at radius 3 is 2.36 bits per heavy atom. The third kappa shape index (κ3) is 5.05. The van der Waals surface area contributed by atoms with Gasteiger partial charge in [-0.15, -0.1) is 11.3 Å². The number of thiophene rings is 1. The average molecular weight is 393 g/mol. The normalized spacial score (nSPS) is 10.3. The first-order chi connectivity index (χ1) is 13.5. The van der Waals surface area contributed by atoms with Crippen molar-refractivity contribution in [2.75, 3.05) is 11.9 Å². The SMILES string of the molecule is NC(=O)c1cccc(CCNC(=O)c2ccc(NC(=O)c3cccs3)cc2)c1. The molecule has 7 heteroatoms. The molecule has 1 aromatic heterocycles. The summed E-state index contributed by atoms with van der Waals surface area (Å²) in [5.74, 6) is -0.857. The third-order valence-corrected chi connectivity index (χ3v) is 4.93. The number of carbonyl (C=O) groups excluding carboxylic acids is 3. The van der Waals surface area contributed by atoms with Crippen molar-refractivity contribution in [1.82, 2.24) is 5.32 Å². The van der Waals surface area contributed by atoms with Gasteiger partial charge >= 0.3 is 0 Å². The van der Waals surface area contributed by atoms with Gasteiger partial charge in [0, 0.05) is 23.4 Å². The minimum Gasteiger partial charge on any atom is -0.366 e. The van der Waals surface area contributed by atoms with Crippen molar-refractivity contribution in [2.45, 2.75) is 6.42 Å². The number of nitrogens with two attached hydrogens (primary N) is 1. The maximum Gasteiger partial charge on any atom is 0.265 e.